The minimum Gasteiger partial charge on any atom is -0.438 e. The van der Waals surface area contributed by atoms with Crippen LogP contribution in [0.4, 0.5) is 0 Å². The standard InChI is InChI=1S/C26H20N4O3/c1-18-9-8-14-30-23(18)29-25(33-21-12-6-3-7-13-21)22(26(30)32)15-20(16-27)24(31)28-17-19-10-4-2-5-11-19/h2-15H,17H2,1H3,(H,28,31). The van der Waals surface area contributed by atoms with Gasteiger partial charge in [-0.15, -0.1) is 0 Å². The van der Waals surface area contributed by atoms with E-state index in [0.717, 1.165) is 11.1 Å². The molecule has 0 spiro atoms. The number of hydrogen-bond donors (Lipinski definition) is 1. The number of carbonyl (C=O) groups excluding carboxylic acids is 1. The summed E-state index contributed by atoms with van der Waals surface area (Å²) in [5, 5.41) is 12.3. The topological polar surface area (TPSA) is 96.5 Å². The number of amides is 1. The van der Waals surface area contributed by atoms with Gasteiger partial charge in [0.1, 0.15) is 28.6 Å². The fourth-order valence-electron chi connectivity index (χ4n) is 3.26. The molecule has 0 bridgehead atoms. The lowest BCUT2D eigenvalue weighted by molar-refractivity contribution is -0.117. The monoisotopic (exact) mass is 436 g/mol. The predicted octanol–water partition coefficient (Wildman–Crippen LogP) is 4.02. The molecule has 0 radical (unpaired) electrons. The van der Waals surface area contributed by atoms with Crippen molar-refractivity contribution in [2.45, 2.75) is 13.5 Å². The average molecular weight is 436 g/mol. The third kappa shape index (κ3) is 4.81. The molecule has 0 aliphatic carbocycles. The second kappa shape index (κ2) is 9.62. The van der Waals surface area contributed by atoms with Crippen molar-refractivity contribution in [3.05, 3.63) is 112 Å². The van der Waals surface area contributed by atoms with Crippen LogP contribution in [0.25, 0.3) is 11.7 Å². The molecule has 162 valence electrons. The molecule has 0 fully saturated rings. The summed E-state index contributed by atoms with van der Waals surface area (Å²) in [6.07, 6.45) is 2.81. The first-order valence-corrected chi connectivity index (χ1v) is 10.3. The van der Waals surface area contributed by atoms with E-state index < -0.39 is 11.5 Å². The normalized spacial score (nSPS) is 11.1. The van der Waals surface area contributed by atoms with Gasteiger partial charge in [-0.25, -0.2) is 0 Å². The third-order valence-electron chi connectivity index (χ3n) is 4.96. The lowest BCUT2D eigenvalue weighted by Gasteiger charge is -2.11. The highest BCUT2D eigenvalue weighted by Crippen LogP contribution is 2.24. The number of rotatable bonds is 6. The molecule has 0 aliphatic heterocycles. The van der Waals surface area contributed by atoms with Crippen LogP contribution in [0, 0.1) is 18.3 Å². The molecular formula is C26H20N4O3. The molecule has 0 aliphatic rings. The van der Waals surface area contributed by atoms with Gasteiger partial charge < -0.3 is 10.1 Å². The molecule has 2 aromatic heterocycles. The van der Waals surface area contributed by atoms with Gasteiger partial charge in [0.25, 0.3) is 11.5 Å². The molecule has 0 atom stereocenters. The van der Waals surface area contributed by atoms with Gasteiger partial charge in [0.2, 0.25) is 5.88 Å². The Balaban J connectivity index is 1.77. The highest BCUT2D eigenvalue weighted by molar-refractivity contribution is 6.01. The predicted molar refractivity (Wildman–Crippen MR) is 125 cm³/mol. The molecular weight excluding hydrogens is 416 g/mol. The highest BCUT2D eigenvalue weighted by atomic mass is 16.5. The van der Waals surface area contributed by atoms with Crippen molar-refractivity contribution in [2.75, 3.05) is 0 Å². The van der Waals surface area contributed by atoms with Crippen molar-refractivity contribution in [1.29, 1.82) is 5.26 Å². The number of nitrogens with one attached hydrogen (secondary N) is 1. The van der Waals surface area contributed by atoms with E-state index in [9.17, 15) is 14.9 Å². The zero-order chi connectivity index (χ0) is 23.2. The van der Waals surface area contributed by atoms with Crippen LogP contribution in [0.2, 0.25) is 0 Å². The number of hydrogen-bond acceptors (Lipinski definition) is 5. The van der Waals surface area contributed by atoms with Crippen molar-refractivity contribution in [3.63, 3.8) is 0 Å². The third-order valence-corrected chi connectivity index (χ3v) is 4.96. The van der Waals surface area contributed by atoms with E-state index in [2.05, 4.69) is 10.3 Å². The number of nitrogens with zero attached hydrogens (tertiary/aromatic N) is 3. The van der Waals surface area contributed by atoms with Crippen LogP contribution in [-0.2, 0) is 11.3 Å². The Bertz CT molecular complexity index is 1440. The van der Waals surface area contributed by atoms with Crippen LogP contribution in [0.3, 0.4) is 0 Å². The molecule has 0 unspecified atom stereocenters. The number of para-hydroxylation sites is 1. The first kappa shape index (κ1) is 21.5. The second-order valence-corrected chi connectivity index (χ2v) is 7.27. The van der Waals surface area contributed by atoms with Crippen LogP contribution in [0.1, 0.15) is 16.7 Å². The van der Waals surface area contributed by atoms with Gasteiger partial charge in [0, 0.05) is 12.7 Å². The van der Waals surface area contributed by atoms with E-state index >= 15 is 0 Å². The minimum absolute atomic E-state index is 0.00774. The maximum atomic E-state index is 13.3. The van der Waals surface area contributed by atoms with Crippen molar-refractivity contribution in [2.24, 2.45) is 0 Å². The Kier molecular flexibility index (Phi) is 6.28. The summed E-state index contributed by atoms with van der Waals surface area (Å²) in [6.45, 7) is 2.08. The number of fused-ring (bicyclic) bond motifs is 1. The highest BCUT2D eigenvalue weighted by Gasteiger charge is 2.18. The molecule has 4 aromatic rings. The molecule has 33 heavy (non-hydrogen) atoms. The van der Waals surface area contributed by atoms with Gasteiger partial charge in [-0.2, -0.15) is 10.2 Å². The van der Waals surface area contributed by atoms with Gasteiger partial charge in [-0.05, 0) is 42.3 Å². The van der Waals surface area contributed by atoms with E-state index in [1.165, 1.54) is 10.5 Å². The number of aromatic nitrogens is 2. The fraction of sp³-hybridized carbons (Fsp3) is 0.0769. The van der Waals surface area contributed by atoms with Gasteiger partial charge in [-0.3, -0.25) is 14.0 Å². The Labute approximate surface area is 190 Å². The number of aryl methyl sites for hydroxylation is 1. The van der Waals surface area contributed by atoms with E-state index in [1.807, 2.05) is 55.5 Å². The SMILES string of the molecule is Cc1cccn2c(=O)c(C=C(C#N)C(=O)NCc3ccccc3)c(Oc3ccccc3)nc12. The average Bonchev–Trinajstić information content (AvgIpc) is 2.84. The van der Waals surface area contributed by atoms with E-state index in [0.29, 0.717) is 11.4 Å². The maximum absolute atomic E-state index is 13.3. The van der Waals surface area contributed by atoms with Crippen molar-refractivity contribution in [3.8, 4) is 17.7 Å². The van der Waals surface area contributed by atoms with E-state index in [4.69, 9.17) is 4.74 Å². The molecule has 0 saturated carbocycles. The number of pyridine rings is 1. The van der Waals surface area contributed by atoms with Crippen LogP contribution in [0.15, 0.2) is 89.4 Å². The van der Waals surface area contributed by atoms with Crippen LogP contribution < -0.4 is 15.6 Å². The zero-order valence-electron chi connectivity index (χ0n) is 17.9. The smallest absolute Gasteiger partial charge is 0.269 e. The summed E-state index contributed by atoms with van der Waals surface area (Å²) in [5.74, 6) is -0.103. The van der Waals surface area contributed by atoms with Gasteiger partial charge in [0.15, 0.2) is 0 Å². The second-order valence-electron chi connectivity index (χ2n) is 7.27. The van der Waals surface area contributed by atoms with Crippen molar-refractivity contribution < 1.29 is 9.53 Å². The summed E-state index contributed by atoms with van der Waals surface area (Å²) in [6, 6.07) is 23.7. The van der Waals surface area contributed by atoms with Gasteiger partial charge in [-0.1, -0.05) is 54.6 Å². The minimum atomic E-state index is -0.597. The Morgan fingerprint density at radius 1 is 1.09 bits per heavy atom. The number of carbonyl (C=O) groups is 1. The van der Waals surface area contributed by atoms with Crippen LogP contribution in [-0.4, -0.2) is 15.3 Å². The largest absolute Gasteiger partial charge is 0.438 e. The lowest BCUT2D eigenvalue weighted by Crippen LogP contribution is -2.25. The lowest BCUT2D eigenvalue weighted by atomic mass is 10.1. The molecule has 2 heterocycles. The quantitative estimate of drug-likeness (QED) is 0.364. The van der Waals surface area contributed by atoms with Crippen LogP contribution >= 0.6 is 0 Å². The van der Waals surface area contributed by atoms with Crippen LogP contribution in [0.5, 0.6) is 11.6 Å². The molecule has 0 saturated heterocycles. The Morgan fingerprint density at radius 2 is 1.79 bits per heavy atom. The molecule has 1 N–H and O–H groups in total. The maximum Gasteiger partial charge on any atom is 0.269 e. The number of nitriles is 1. The summed E-state index contributed by atoms with van der Waals surface area (Å²) in [7, 11) is 0. The first-order valence-electron chi connectivity index (χ1n) is 10.3. The molecule has 2 aromatic carbocycles. The summed E-state index contributed by atoms with van der Waals surface area (Å²) in [5.41, 5.74) is 1.43. The van der Waals surface area contributed by atoms with Crippen molar-refractivity contribution >= 4 is 17.6 Å². The summed E-state index contributed by atoms with van der Waals surface area (Å²) < 4.78 is 7.27. The van der Waals surface area contributed by atoms with Gasteiger partial charge >= 0.3 is 0 Å². The van der Waals surface area contributed by atoms with E-state index in [-0.39, 0.29) is 23.6 Å². The summed E-state index contributed by atoms with van der Waals surface area (Å²) >= 11 is 0. The van der Waals surface area contributed by atoms with E-state index in [1.54, 1.807) is 36.5 Å². The molecule has 1 amide bonds. The van der Waals surface area contributed by atoms with Gasteiger partial charge in [0.05, 0.1) is 0 Å². The number of benzene rings is 2. The Hall–Kier alpha value is -4.70. The molecule has 7 nitrogen and oxygen atoms in total. The molecule has 4 rings (SSSR count). The summed E-state index contributed by atoms with van der Waals surface area (Å²) in [4.78, 5) is 30.5. The Morgan fingerprint density at radius 3 is 2.48 bits per heavy atom. The first-order chi connectivity index (χ1) is 16.1. The zero-order valence-corrected chi connectivity index (χ0v) is 17.9. The van der Waals surface area contributed by atoms with Crippen molar-refractivity contribution in [1.82, 2.24) is 14.7 Å². The number of ether oxygens (including phenoxy) is 1. The molecule has 7 heteroatoms. The fourth-order valence-corrected chi connectivity index (χ4v) is 3.26.